The highest BCUT2D eigenvalue weighted by atomic mass is 127. The second kappa shape index (κ2) is 15.0. The molecule has 1 heterocycles. The van der Waals surface area contributed by atoms with Crippen LogP contribution in [0.3, 0.4) is 0 Å². The minimum Gasteiger partial charge on any atom is -0.383 e. The number of methoxy groups -OCH3 is 1. The molecule has 1 fully saturated rings. The Morgan fingerprint density at radius 3 is 2.45 bits per heavy atom. The zero-order chi connectivity index (χ0) is 20.2. The van der Waals surface area contributed by atoms with Gasteiger partial charge in [0.1, 0.15) is 0 Å². The Kier molecular flexibility index (Phi) is 13.6. The molecule has 166 valence electrons. The number of hydrogen-bond acceptors (Lipinski definition) is 3. The number of aliphatic imine (C=N–C) groups is 1. The average Bonchev–Trinajstić information content (AvgIpc) is 2.72. The second-order valence-corrected chi connectivity index (χ2v) is 8.16. The molecular formula is C23H41IN4O. The molecule has 0 bridgehead atoms. The van der Waals surface area contributed by atoms with Gasteiger partial charge in [-0.25, -0.2) is 0 Å². The number of halogens is 1. The largest absolute Gasteiger partial charge is 0.383 e. The molecule has 1 aliphatic heterocycles. The van der Waals surface area contributed by atoms with Crippen molar-refractivity contribution in [3.8, 4) is 0 Å². The molecule has 0 saturated carbocycles. The van der Waals surface area contributed by atoms with E-state index in [0.29, 0.717) is 5.92 Å². The molecule has 1 aromatic rings. The fourth-order valence-electron chi connectivity index (χ4n) is 3.66. The Labute approximate surface area is 195 Å². The number of nitrogens with zero attached hydrogens (tertiary/aromatic N) is 2. The zero-order valence-electron chi connectivity index (χ0n) is 18.7. The highest BCUT2D eigenvalue weighted by Gasteiger charge is 2.18. The number of rotatable bonds is 10. The SMILES string of the molecule is CN=C(NCCCc1ccc(C(C)C)cc1)NCC1CCN(CCOC)CC1.I. The van der Waals surface area contributed by atoms with Gasteiger partial charge in [-0.15, -0.1) is 24.0 Å². The van der Waals surface area contributed by atoms with E-state index in [1.165, 1.54) is 37.1 Å². The van der Waals surface area contributed by atoms with Crippen molar-refractivity contribution in [3.05, 3.63) is 35.4 Å². The van der Waals surface area contributed by atoms with Gasteiger partial charge in [-0.05, 0) is 61.7 Å². The van der Waals surface area contributed by atoms with Crippen LogP contribution < -0.4 is 10.6 Å². The van der Waals surface area contributed by atoms with Gasteiger partial charge in [0.2, 0.25) is 0 Å². The third kappa shape index (κ3) is 10.1. The number of likely N-dealkylation sites (tertiary alicyclic amines) is 1. The van der Waals surface area contributed by atoms with Gasteiger partial charge in [-0.3, -0.25) is 4.99 Å². The van der Waals surface area contributed by atoms with Gasteiger partial charge < -0.3 is 20.3 Å². The summed E-state index contributed by atoms with van der Waals surface area (Å²) in [4.78, 5) is 6.87. The standard InChI is InChI=1S/C23H40N4O.HI/c1-19(2)22-9-7-20(8-10-22)6-5-13-25-23(24-3)26-18-21-11-14-27(15-12-21)16-17-28-4;/h7-10,19,21H,5-6,11-18H2,1-4H3,(H2,24,25,26);1H. The summed E-state index contributed by atoms with van der Waals surface area (Å²) in [6.45, 7) is 10.7. The van der Waals surface area contributed by atoms with Crippen molar-refractivity contribution in [2.75, 3.05) is 53.5 Å². The molecule has 0 unspecified atom stereocenters. The van der Waals surface area contributed by atoms with Crippen LogP contribution in [0.1, 0.15) is 50.2 Å². The molecule has 0 amide bonds. The van der Waals surface area contributed by atoms with Crippen LogP contribution in [0.2, 0.25) is 0 Å². The molecule has 0 aromatic heterocycles. The fraction of sp³-hybridized carbons (Fsp3) is 0.696. The van der Waals surface area contributed by atoms with E-state index in [1.54, 1.807) is 7.11 Å². The average molecular weight is 517 g/mol. The van der Waals surface area contributed by atoms with E-state index in [1.807, 2.05) is 7.05 Å². The molecule has 6 heteroatoms. The van der Waals surface area contributed by atoms with Crippen LogP contribution >= 0.6 is 24.0 Å². The first-order valence-electron chi connectivity index (χ1n) is 10.9. The number of ether oxygens (including phenoxy) is 1. The van der Waals surface area contributed by atoms with Gasteiger partial charge in [-0.1, -0.05) is 38.1 Å². The molecule has 1 aromatic carbocycles. The van der Waals surface area contributed by atoms with E-state index in [4.69, 9.17) is 4.74 Å². The first kappa shape index (κ1) is 26.2. The Hall–Kier alpha value is -0.860. The summed E-state index contributed by atoms with van der Waals surface area (Å²) in [6, 6.07) is 9.05. The van der Waals surface area contributed by atoms with Crippen molar-refractivity contribution in [2.24, 2.45) is 10.9 Å². The van der Waals surface area contributed by atoms with E-state index >= 15 is 0 Å². The van der Waals surface area contributed by atoms with E-state index < -0.39 is 0 Å². The van der Waals surface area contributed by atoms with Crippen LogP contribution in [0.15, 0.2) is 29.3 Å². The predicted molar refractivity (Wildman–Crippen MR) is 135 cm³/mol. The third-order valence-electron chi connectivity index (χ3n) is 5.68. The second-order valence-electron chi connectivity index (χ2n) is 8.16. The van der Waals surface area contributed by atoms with Crippen molar-refractivity contribution in [1.82, 2.24) is 15.5 Å². The van der Waals surface area contributed by atoms with Crippen LogP contribution in [-0.4, -0.2) is 64.3 Å². The van der Waals surface area contributed by atoms with Crippen molar-refractivity contribution in [2.45, 2.75) is 45.4 Å². The summed E-state index contributed by atoms with van der Waals surface area (Å²) in [5.74, 6) is 2.26. The summed E-state index contributed by atoms with van der Waals surface area (Å²) >= 11 is 0. The Morgan fingerprint density at radius 2 is 1.86 bits per heavy atom. The first-order chi connectivity index (χ1) is 13.6. The van der Waals surface area contributed by atoms with E-state index in [9.17, 15) is 0 Å². The third-order valence-corrected chi connectivity index (χ3v) is 5.68. The van der Waals surface area contributed by atoms with E-state index in [0.717, 1.165) is 51.0 Å². The van der Waals surface area contributed by atoms with Crippen LogP contribution in [0.25, 0.3) is 0 Å². The summed E-state index contributed by atoms with van der Waals surface area (Å²) < 4.78 is 5.18. The molecule has 29 heavy (non-hydrogen) atoms. The molecule has 1 aliphatic rings. The smallest absolute Gasteiger partial charge is 0.190 e. The minimum atomic E-state index is 0. The van der Waals surface area contributed by atoms with Gasteiger partial charge in [0.15, 0.2) is 5.96 Å². The number of nitrogens with one attached hydrogen (secondary N) is 2. The summed E-state index contributed by atoms with van der Waals surface area (Å²) in [5.41, 5.74) is 2.82. The predicted octanol–water partition coefficient (Wildman–Crippen LogP) is 3.88. The molecule has 5 nitrogen and oxygen atoms in total. The lowest BCUT2D eigenvalue weighted by Gasteiger charge is -2.32. The maximum Gasteiger partial charge on any atom is 0.190 e. The lowest BCUT2D eigenvalue weighted by Crippen LogP contribution is -2.43. The van der Waals surface area contributed by atoms with Crippen LogP contribution in [0.5, 0.6) is 0 Å². The Balaban J connectivity index is 0.00000420. The number of aryl methyl sites for hydroxylation is 1. The van der Waals surface area contributed by atoms with E-state index in [2.05, 4.69) is 58.6 Å². The quantitative estimate of drug-likeness (QED) is 0.215. The molecule has 0 spiro atoms. The van der Waals surface area contributed by atoms with Gasteiger partial charge in [0.25, 0.3) is 0 Å². The first-order valence-corrected chi connectivity index (χ1v) is 10.9. The van der Waals surface area contributed by atoms with Crippen molar-refractivity contribution in [1.29, 1.82) is 0 Å². The van der Waals surface area contributed by atoms with Crippen LogP contribution in [0.4, 0.5) is 0 Å². The zero-order valence-corrected chi connectivity index (χ0v) is 21.1. The Bertz CT molecular complexity index is 569. The van der Waals surface area contributed by atoms with Crippen molar-refractivity contribution in [3.63, 3.8) is 0 Å². The maximum absolute atomic E-state index is 5.18. The molecule has 0 aliphatic carbocycles. The van der Waals surface area contributed by atoms with Gasteiger partial charge in [-0.2, -0.15) is 0 Å². The van der Waals surface area contributed by atoms with E-state index in [-0.39, 0.29) is 24.0 Å². The number of guanidine groups is 1. The molecule has 1 saturated heterocycles. The van der Waals surface area contributed by atoms with Crippen LogP contribution in [-0.2, 0) is 11.2 Å². The van der Waals surface area contributed by atoms with Crippen molar-refractivity contribution >= 4 is 29.9 Å². The molecule has 0 atom stereocenters. The normalized spacial score (nSPS) is 16.0. The molecule has 2 rings (SSSR count). The lowest BCUT2D eigenvalue weighted by atomic mass is 9.97. The maximum atomic E-state index is 5.18. The minimum absolute atomic E-state index is 0. The van der Waals surface area contributed by atoms with Gasteiger partial charge in [0, 0.05) is 33.8 Å². The summed E-state index contributed by atoms with van der Waals surface area (Å²) in [5, 5.41) is 6.97. The van der Waals surface area contributed by atoms with Crippen molar-refractivity contribution < 1.29 is 4.74 Å². The number of hydrogen-bond donors (Lipinski definition) is 2. The molecular weight excluding hydrogens is 475 g/mol. The summed E-state index contributed by atoms with van der Waals surface area (Å²) in [6.07, 6.45) is 4.71. The highest BCUT2D eigenvalue weighted by molar-refractivity contribution is 14.0. The Morgan fingerprint density at radius 1 is 1.17 bits per heavy atom. The molecule has 2 N–H and O–H groups in total. The topological polar surface area (TPSA) is 48.9 Å². The van der Waals surface area contributed by atoms with Crippen LogP contribution in [0, 0.1) is 5.92 Å². The lowest BCUT2D eigenvalue weighted by molar-refractivity contribution is 0.121. The number of benzene rings is 1. The number of piperidine rings is 1. The van der Waals surface area contributed by atoms with Gasteiger partial charge in [0.05, 0.1) is 6.61 Å². The fourth-order valence-corrected chi connectivity index (χ4v) is 3.66. The summed E-state index contributed by atoms with van der Waals surface area (Å²) in [7, 11) is 3.63. The highest BCUT2D eigenvalue weighted by Crippen LogP contribution is 2.16. The molecule has 0 radical (unpaired) electrons. The van der Waals surface area contributed by atoms with Gasteiger partial charge >= 0.3 is 0 Å². The monoisotopic (exact) mass is 516 g/mol.